The molecule has 13 heavy (non-hydrogen) atoms. The molecule has 0 aliphatic carbocycles. The summed E-state index contributed by atoms with van der Waals surface area (Å²) in [6.07, 6.45) is 1.51. The fraction of sp³-hybridized carbons (Fsp3) is 0.364. The zero-order valence-electron chi connectivity index (χ0n) is 8.31. The van der Waals surface area contributed by atoms with Crippen LogP contribution < -0.4 is 0 Å². The predicted octanol–water partition coefficient (Wildman–Crippen LogP) is 2.28. The zero-order chi connectivity index (χ0) is 10.4. The van der Waals surface area contributed by atoms with Crippen molar-refractivity contribution in [1.29, 1.82) is 0 Å². The Kier molecular flexibility index (Phi) is 18.9. The third-order valence-electron chi connectivity index (χ3n) is 0.833. The Morgan fingerprint density at radius 2 is 1.15 bits per heavy atom. The van der Waals surface area contributed by atoms with Gasteiger partial charge in [0.1, 0.15) is 6.29 Å². The Hall–Kier alpha value is -1.15. The number of carbonyl (C=O) groups excluding carboxylic acids is 1. The number of benzene rings is 1. The normalized spacial score (nSPS) is 7.00. The van der Waals surface area contributed by atoms with Gasteiger partial charge in [0, 0.05) is 13.0 Å². The van der Waals surface area contributed by atoms with E-state index in [1.54, 1.807) is 6.92 Å². The van der Waals surface area contributed by atoms with Crippen LogP contribution in [0.4, 0.5) is 0 Å². The van der Waals surface area contributed by atoms with Gasteiger partial charge in [-0.15, -0.1) is 0 Å². The average Bonchev–Trinajstić information content (AvgIpc) is 2.22. The first kappa shape index (κ1) is 14.4. The van der Waals surface area contributed by atoms with Gasteiger partial charge in [0.05, 0.1) is 0 Å². The SMILES string of the molecule is CCC=O.CCO.c1ccccc1. The number of aliphatic hydroxyl groups excluding tert-OH is 1. The summed E-state index contributed by atoms with van der Waals surface area (Å²) in [7, 11) is 0. The van der Waals surface area contributed by atoms with Crippen LogP contribution >= 0.6 is 0 Å². The van der Waals surface area contributed by atoms with Crippen LogP contribution in [0.2, 0.25) is 0 Å². The lowest BCUT2D eigenvalue weighted by Crippen LogP contribution is -1.57. The quantitative estimate of drug-likeness (QED) is 0.676. The third kappa shape index (κ3) is 24.8. The fourth-order valence-electron chi connectivity index (χ4n) is 0.385. The Bertz CT molecular complexity index is 134. The summed E-state index contributed by atoms with van der Waals surface area (Å²) in [6, 6.07) is 12.0. The number of rotatable bonds is 1. The smallest absolute Gasteiger partial charge is 0.119 e. The van der Waals surface area contributed by atoms with Crippen molar-refractivity contribution in [1.82, 2.24) is 0 Å². The van der Waals surface area contributed by atoms with E-state index >= 15 is 0 Å². The summed E-state index contributed by atoms with van der Waals surface area (Å²) in [5, 5.41) is 7.57. The van der Waals surface area contributed by atoms with Gasteiger partial charge in [-0.2, -0.15) is 0 Å². The summed E-state index contributed by atoms with van der Waals surface area (Å²) in [6.45, 7) is 3.74. The minimum absolute atomic E-state index is 0.250. The van der Waals surface area contributed by atoms with E-state index in [4.69, 9.17) is 5.11 Å². The molecule has 1 rings (SSSR count). The molecule has 1 N–H and O–H groups in total. The van der Waals surface area contributed by atoms with Gasteiger partial charge in [-0.1, -0.05) is 43.3 Å². The first-order valence-corrected chi connectivity index (χ1v) is 4.37. The van der Waals surface area contributed by atoms with Gasteiger partial charge in [0.25, 0.3) is 0 Å². The summed E-state index contributed by atoms with van der Waals surface area (Å²) in [5.74, 6) is 0. The highest BCUT2D eigenvalue weighted by Gasteiger charge is 1.57. The molecule has 0 spiro atoms. The van der Waals surface area contributed by atoms with Crippen LogP contribution in [0.5, 0.6) is 0 Å². The van der Waals surface area contributed by atoms with E-state index in [0.29, 0.717) is 6.42 Å². The zero-order valence-corrected chi connectivity index (χ0v) is 8.31. The Balaban J connectivity index is 0. The number of carbonyl (C=O) groups is 1. The van der Waals surface area contributed by atoms with Crippen LogP contribution in [-0.4, -0.2) is 18.0 Å². The van der Waals surface area contributed by atoms with E-state index in [1.165, 1.54) is 0 Å². The molecule has 0 unspecified atom stereocenters. The molecule has 0 radical (unpaired) electrons. The lowest BCUT2D eigenvalue weighted by molar-refractivity contribution is -0.107. The van der Waals surface area contributed by atoms with Crippen molar-refractivity contribution < 1.29 is 9.90 Å². The van der Waals surface area contributed by atoms with Crippen LogP contribution in [0.25, 0.3) is 0 Å². The van der Waals surface area contributed by atoms with Crippen molar-refractivity contribution in [3.63, 3.8) is 0 Å². The largest absolute Gasteiger partial charge is 0.397 e. The fourth-order valence-corrected chi connectivity index (χ4v) is 0.385. The molecule has 0 bridgehead atoms. The van der Waals surface area contributed by atoms with Gasteiger partial charge >= 0.3 is 0 Å². The summed E-state index contributed by atoms with van der Waals surface area (Å²) in [5.41, 5.74) is 0. The van der Waals surface area contributed by atoms with Crippen molar-refractivity contribution in [2.45, 2.75) is 20.3 Å². The van der Waals surface area contributed by atoms with Crippen molar-refractivity contribution in [3.8, 4) is 0 Å². The molecule has 0 fully saturated rings. The van der Waals surface area contributed by atoms with E-state index in [-0.39, 0.29) is 6.61 Å². The molecule has 0 atom stereocenters. The molecule has 0 amide bonds. The lowest BCUT2D eigenvalue weighted by atomic mass is 10.4. The van der Waals surface area contributed by atoms with E-state index in [1.807, 2.05) is 43.3 Å². The molecule has 0 aromatic heterocycles. The molecule has 2 nitrogen and oxygen atoms in total. The number of hydrogen-bond donors (Lipinski definition) is 1. The molecule has 0 heterocycles. The number of aliphatic hydroxyl groups is 1. The summed E-state index contributed by atoms with van der Waals surface area (Å²) < 4.78 is 0. The van der Waals surface area contributed by atoms with Gasteiger partial charge in [0.15, 0.2) is 0 Å². The second-order valence-corrected chi connectivity index (χ2v) is 2.05. The predicted molar refractivity (Wildman–Crippen MR) is 55.6 cm³/mol. The number of hydrogen-bond acceptors (Lipinski definition) is 2. The third-order valence-corrected chi connectivity index (χ3v) is 0.833. The molecule has 0 saturated heterocycles. The van der Waals surface area contributed by atoms with Gasteiger partial charge < -0.3 is 9.90 Å². The Morgan fingerprint density at radius 3 is 1.23 bits per heavy atom. The van der Waals surface area contributed by atoms with Crippen molar-refractivity contribution in [2.24, 2.45) is 0 Å². The Morgan fingerprint density at radius 1 is 1.00 bits per heavy atom. The second-order valence-electron chi connectivity index (χ2n) is 2.05. The van der Waals surface area contributed by atoms with Gasteiger partial charge in [-0.05, 0) is 6.92 Å². The first-order valence-electron chi connectivity index (χ1n) is 4.37. The van der Waals surface area contributed by atoms with Gasteiger partial charge in [0.2, 0.25) is 0 Å². The molecule has 2 heteroatoms. The maximum absolute atomic E-state index is 9.17. The topological polar surface area (TPSA) is 37.3 Å². The van der Waals surface area contributed by atoms with Crippen molar-refractivity contribution in [3.05, 3.63) is 36.4 Å². The van der Waals surface area contributed by atoms with E-state index in [2.05, 4.69) is 0 Å². The highest BCUT2D eigenvalue weighted by Crippen LogP contribution is 1.79. The van der Waals surface area contributed by atoms with Crippen LogP contribution in [0.15, 0.2) is 36.4 Å². The van der Waals surface area contributed by atoms with E-state index in [9.17, 15) is 4.79 Å². The minimum Gasteiger partial charge on any atom is -0.397 e. The van der Waals surface area contributed by atoms with Crippen molar-refractivity contribution in [2.75, 3.05) is 6.61 Å². The standard InChI is InChI=1S/C6H6.C3H6O.C2H6O/c1-2-4-6-5-3-1;1-2-3-4;1-2-3/h1-6H;3H,2H2,1H3;3H,2H2,1H3. The highest BCUT2D eigenvalue weighted by atomic mass is 16.2. The molecular weight excluding hydrogens is 164 g/mol. The second kappa shape index (κ2) is 17.1. The summed E-state index contributed by atoms with van der Waals surface area (Å²) in [4.78, 5) is 9.17. The molecule has 74 valence electrons. The van der Waals surface area contributed by atoms with Crippen molar-refractivity contribution >= 4 is 6.29 Å². The molecule has 0 saturated carbocycles. The molecule has 0 aliphatic heterocycles. The molecule has 1 aromatic rings. The van der Waals surface area contributed by atoms with Gasteiger partial charge in [-0.3, -0.25) is 0 Å². The molecular formula is C11H18O2. The van der Waals surface area contributed by atoms with Gasteiger partial charge in [-0.25, -0.2) is 0 Å². The lowest BCUT2D eigenvalue weighted by Gasteiger charge is -1.69. The number of aldehydes is 1. The molecule has 1 aromatic carbocycles. The highest BCUT2D eigenvalue weighted by molar-refractivity contribution is 5.48. The first-order chi connectivity index (χ1) is 6.33. The van der Waals surface area contributed by atoms with Crippen LogP contribution in [-0.2, 0) is 4.79 Å². The Labute approximate surface area is 80.2 Å². The monoisotopic (exact) mass is 182 g/mol. The average molecular weight is 182 g/mol. The summed E-state index contributed by atoms with van der Waals surface area (Å²) >= 11 is 0. The van der Waals surface area contributed by atoms with E-state index in [0.717, 1.165) is 6.29 Å². The minimum atomic E-state index is 0.250. The van der Waals surface area contributed by atoms with Crippen LogP contribution in [0.1, 0.15) is 20.3 Å². The van der Waals surface area contributed by atoms with Crippen LogP contribution in [0.3, 0.4) is 0 Å². The maximum atomic E-state index is 9.17. The van der Waals surface area contributed by atoms with Crippen LogP contribution in [0, 0.1) is 0 Å². The maximum Gasteiger partial charge on any atom is 0.119 e. The molecule has 0 aliphatic rings. The van der Waals surface area contributed by atoms with E-state index < -0.39 is 0 Å².